The van der Waals surface area contributed by atoms with Gasteiger partial charge in [0.1, 0.15) is 5.75 Å². The van der Waals surface area contributed by atoms with Crippen LogP contribution in [0, 0.1) is 13.8 Å². The smallest absolute Gasteiger partial charge is 0.367 e. The van der Waals surface area contributed by atoms with Crippen LogP contribution in [0.5, 0.6) is 5.75 Å². The summed E-state index contributed by atoms with van der Waals surface area (Å²) >= 11 is 0. The van der Waals surface area contributed by atoms with Crippen molar-refractivity contribution in [3.05, 3.63) is 34.4 Å². The number of carbonyl (C=O) groups excluding carboxylic acids is 1. The molecule has 0 atom stereocenters. The van der Waals surface area contributed by atoms with E-state index >= 15 is 0 Å². The molecule has 2 rings (SSSR count). The van der Waals surface area contributed by atoms with Gasteiger partial charge in [0.2, 0.25) is 0 Å². The molecule has 4 nitrogen and oxygen atoms in total. The Labute approximate surface area is 106 Å². The Morgan fingerprint density at radius 2 is 2.00 bits per heavy atom. The minimum absolute atomic E-state index is 0.422. The molecule has 0 fully saturated rings. The highest BCUT2D eigenvalue weighted by Gasteiger charge is 2.22. The number of nitrogens with zero attached hydrogens (tertiary/aromatic N) is 1. The standard InChI is InChI=1S/C14H15NO3/c1-8-5-9(2)13(17-4)11(6-8)7-12-10(3)15-18-14(12)16/h5-7H,1-4H3/b12-7-. The summed E-state index contributed by atoms with van der Waals surface area (Å²) in [6.07, 6.45) is 1.76. The maximum Gasteiger partial charge on any atom is 0.367 e. The summed E-state index contributed by atoms with van der Waals surface area (Å²) in [5, 5.41) is 3.65. The molecule has 0 radical (unpaired) electrons. The lowest BCUT2D eigenvalue weighted by Gasteiger charge is -2.10. The lowest BCUT2D eigenvalue weighted by atomic mass is 10.0. The number of aryl methyl sites for hydroxylation is 2. The molecule has 0 aromatic heterocycles. The third-order valence-corrected chi connectivity index (χ3v) is 2.83. The van der Waals surface area contributed by atoms with Crippen LogP contribution in [0.15, 0.2) is 22.9 Å². The van der Waals surface area contributed by atoms with Crippen molar-refractivity contribution >= 4 is 17.8 Å². The molecular formula is C14H15NO3. The molecule has 0 N–H and O–H groups in total. The summed E-state index contributed by atoms with van der Waals surface area (Å²) in [6.45, 7) is 5.72. The van der Waals surface area contributed by atoms with E-state index in [1.54, 1.807) is 20.1 Å². The average molecular weight is 245 g/mol. The largest absolute Gasteiger partial charge is 0.496 e. The van der Waals surface area contributed by atoms with Gasteiger partial charge in [-0.25, -0.2) is 4.79 Å². The first-order valence-corrected chi connectivity index (χ1v) is 5.66. The van der Waals surface area contributed by atoms with E-state index in [1.165, 1.54) is 0 Å². The minimum atomic E-state index is -0.422. The van der Waals surface area contributed by atoms with E-state index in [9.17, 15) is 4.79 Å². The number of hydrogen-bond donors (Lipinski definition) is 0. The summed E-state index contributed by atoms with van der Waals surface area (Å²) in [7, 11) is 1.62. The molecule has 4 heteroatoms. The van der Waals surface area contributed by atoms with Gasteiger partial charge >= 0.3 is 5.97 Å². The molecule has 1 aromatic carbocycles. The number of hydrogen-bond acceptors (Lipinski definition) is 4. The fraction of sp³-hybridized carbons (Fsp3) is 0.286. The van der Waals surface area contributed by atoms with Crippen LogP contribution in [0.1, 0.15) is 23.6 Å². The molecule has 0 saturated heterocycles. The van der Waals surface area contributed by atoms with Crippen LogP contribution in [0.25, 0.3) is 6.08 Å². The Morgan fingerprint density at radius 1 is 1.28 bits per heavy atom. The van der Waals surface area contributed by atoms with E-state index in [0.717, 1.165) is 22.4 Å². The number of carbonyl (C=O) groups is 1. The minimum Gasteiger partial charge on any atom is -0.496 e. The topological polar surface area (TPSA) is 47.9 Å². The highest BCUT2D eigenvalue weighted by atomic mass is 16.7. The molecule has 0 spiro atoms. The van der Waals surface area contributed by atoms with E-state index in [1.807, 2.05) is 26.0 Å². The molecule has 1 heterocycles. The zero-order valence-corrected chi connectivity index (χ0v) is 10.9. The van der Waals surface area contributed by atoms with Crippen LogP contribution < -0.4 is 4.74 Å². The van der Waals surface area contributed by atoms with Gasteiger partial charge in [-0.3, -0.25) is 0 Å². The Bertz CT molecular complexity index is 571. The van der Waals surface area contributed by atoms with E-state index in [-0.39, 0.29) is 0 Å². The first-order chi connectivity index (χ1) is 8.52. The molecule has 0 unspecified atom stereocenters. The Kier molecular flexibility index (Phi) is 3.19. The van der Waals surface area contributed by atoms with Crippen molar-refractivity contribution in [1.82, 2.24) is 0 Å². The quantitative estimate of drug-likeness (QED) is 0.594. The maximum atomic E-state index is 11.5. The van der Waals surface area contributed by atoms with Crippen molar-refractivity contribution < 1.29 is 14.4 Å². The predicted octanol–water partition coefficient (Wildman–Crippen LogP) is 2.63. The van der Waals surface area contributed by atoms with Crippen LogP contribution in [0.3, 0.4) is 0 Å². The van der Waals surface area contributed by atoms with Crippen LogP contribution in [-0.4, -0.2) is 18.8 Å². The molecule has 1 aromatic rings. The van der Waals surface area contributed by atoms with Gasteiger partial charge in [-0.2, -0.15) is 0 Å². The lowest BCUT2D eigenvalue weighted by Crippen LogP contribution is -2.02. The molecule has 0 bridgehead atoms. The van der Waals surface area contributed by atoms with Crippen molar-refractivity contribution in [2.75, 3.05) is 7.11 Å². The molecular weight excluding hydrogens is 230 g/mol. The van der Waals surface area contributed by atoms with Crippen LogP contribution in [0.4, 0.5) is 0 Å². The SMILES string of the molecule is COc1c(C)cc(C)cc1/C=C1\C(=O)ON=C1C. The summed E-state index contributed by atoms with van der Waals surface area (Å²) in [5.74, 6) is 0.342. The third kappa shape index (κ3) is 2.14. The lowest BCUT2D eigenvalue weighted by molar-refractivity contribution is -0.136. The zero-order chi connectivity index (χ0) is 13.3. The number of ether oxygens (including phenoxy) is 1. The van der Waals surface area contributed by atoms with Crippen molar-refractivity contribution in [3.63, 3.8) is 0 Å². The Balaban J connectivity index is 2.55. The van der Waals surface area contributed by atoms with Gasteiger partial charge in [0.25, 0.3) is 0 Å². The van der Waals surface area contributed by atoms with Crippen molar-refractivity contribution in [1.29, 1.82) is 0 Å². The average Bonchev–Trinajstić information content (AvgIpc) is 2.60. The monoisotopic (exact) mass is 245 g/mol. The van der Waals surface area contributed by atoms with Crippen molar-refractivity contribution in [2.24, 2.45) is 5.16 Å². The van der Waals surface area contributed by atoms with Crippen molar-refractivity contribution in [3.8, 4) is 5.75 Å². The van der Waals surface area contributed by atoms with Gasteiger partial charge < -0.3 is 9.57 Å². The first kappa shape index (κ1) is 12.4. The third-order valence-electron chi connectivity index (χ3n) is 2.83. The summed E-state index contributed by atoms with van der Waals surface area (Å²) < 4.78 is 5.38. The Morgan fingerprint density at radius 3 is 2.56 bits per heavy atom. The molecule has 0 aliphatic carbocycles. The van der Waals surface area contributed by atoms with Gasteiger partial charge in [0.05, 0.1) is 18.4 Å². The second-order valence-electron chi connectivity index (χ2n) is 4.32. The highest BCUT2D eigenvalue weighted by Crippen LogP contribution is 2.28. The van der Waals surface area contributed by atoms with Crippen molar-refractivity contribution in [2.45, 2.75) is 20.8 Å². The summed E-state index contributed by atoms with van der Waals surface area (Å²) in [6, 6.07) is 4.01. The number of benzene rings is 1. The number of oxime groups is 1. The van der Waals surface area contributed by atoms with E-state index in [2.05, 4.69) is 9.99 Å². The van der Waals surface area contributed by atoms with Gasteiger partial charge in [0.15, 0.2) is 0 Å². The Hall–Kier alpha value is -2.10. The number of methoxy groups -OCH3 is 1. The zero-order valence-electron chi connectivity index (χ0n) is 10.9. The fourth-order valence-electron chi connectivity index (χ4n) is 2.05. The molecule has 1 aliphatic rings. The molecule has 0 saturated carbocycles. The van der Waals surface area contributed by atoms with Gasteiger partial charge in [-0.15, -0.1) is 0 Å². The highest BCUT2D eigenvalue weighted by molar-refractivity contribution is 6.24. The second kappa shape index (κ2) is 4.64. The molecule has 18 heavy (non-hydrogen) atoms. The van der Waals surface area contributed by atoms with Crippen LogP contribution in [0.2, 0.25) is 0 Å². The normalized spacial score (nSPS) is 16.8. The maximum absolute atomic E-state index is 11.5. The van der Waals surface area contributed by atoms with Gasteiger partial charge in [-0.05, 0) is 38.5 Å². The van der Waals surface area contributed by atoms with E-state index < -0.39 is 5.97 Å². The summed E-state index contributed by atoms with van der Waals surface area (Å²) in [4.78, 5) is 16.1. The van der Waals surface area contributed by atoms with E-state index in [4.69, 9.17) is 4.74 Å². The fourth-order valence-corrected chi connectivity index (χ4v) is 2.05. The van der Waals surface area contributed by atoms with Gasteiger partial charge in [-0.1, -0.05) is 16.8 Å². The van der Waals surface area contributed by atoms with Crippen LogP contribution >= 0.6 is 0 Å². The predicted molar refractivity (Wildman–Crippen MR) is 69.6 cm³/mol. The van der Waals surface area contributed by atoms with Gasteiger partial charge in [0, 0.05) is 5.56 Å². The molecule has 94 valence electrons. The van der Waals surface area contributed by atoms with E-state index in [0.29, 0.717) is 11.3 Å². The second-order valence-corrected chi connectivity index (χ2v) is 4.32. The van der Waals surface area contributed by atoms with Crippen LogP contribution in [-0.2, 0) is 9.63 Å². The first-order valence-electron chi connectivity index (χ1n) is 5.66. The number of rotatable bonds is 2. The summed E-state index contributed by atoms with van der Waals surface area (Å²) in [5.41, 5.74) is 4.06. The molecule has 1 aliphatic heterocycles. The molecule has 0 amide bonds.